The number of hydrogen-bond acceptors (Lipinski definition) is 3. The van der Waals surface area contributed by atoms with Gasteiger partial charge in [0.2, 0.25) is 0 Å². The molecule has 2 heterocycles. The van der Waals surface area contributed by atoms with Crippen LogP contribution in [0.1, 0.15) is 0 Å². The average Bonchev–Trinajstić information content (AvgIpc) is 3.10. The summed E-state index contributed by atoms with van der Waals surface area (Å²) in [6.45, 7) is 0.617. The van der Waals surface area contributed by atoms with Crippen LogP contribution in [0.2, 0.25) is 0 Å². The monoisotopic (exact) mass is 254 g/mol. The van der Waals surface area contributed by atoms with E-state index in [1.54, 1.807) is 17.1 Å². The Morgan fingerprint density at radius 3 is 2.53 bits per heavy atom. The smallest absolute Gasteiger partial charge is 0.0650 e. The molecular formula is C14H14N4O. The maximum Gasteiger partial charge on any atom is 0.0650 e. The minimum Gasteiger partial charge on any atom is -0.394 e. The standard InChI is InChI=1S/C14H14N4O/c19-8-7-18-10-13(9-16-18)11-1-3-12(4-2-11)14-5-6-15-17-14/h1-6,9-10,19H,7-8H2,(H,15,17). The van der Waals surface area contributed by atoms with Crippen molar-refractivity contribution in [2.75, 3.05) is 6.61 Å². The Labute approximate surface area is 110 Å². The lowest BCUT2D eigenvalue weighted by Gasteiger charge is -2.00. The maximum atomic E-state index is 8.87. The van der Waals surface area contributed by atoms with Gasteiger partial charge in [-0.1, -0.05) is 24.3 Å². The Morgan fingerprint density at radius 1 is 1.05 bits per heavy atom. The fraction of sp³-hybridized carbons (Fsp3) is 0.143. The Morgan fingerprint density at radius 2 is 1.84 bits per heavy atom. The van der Waals surface area contributed by atoms with E-state index in [4.69, 9.17) is 5.11 Å². The third kappa shape index (κ3) is 2.41. The summed E-state index contributed by atoms with van der Waals surface area (Å²) in [4.78, 5) is 0. The van der Waals surface area contributed by atoms with Crippen molar-refractivity contribution < 1.29 is 5.11 Å². The van der Waals surface area contributed by atoms with Gasteiger partial charge < -0.3 is 5.11 Å². The lowest BCUT2D eigenvalue weighted by molar-refractivity contribution is 0.269. The highest BCUT2D eigenvalue weighted by molar-refractivity contribution is 5.67. The molecule has 1 aromatic carbocycles. The second-order valence-corrected chi connectivity index (χ2v) is 4.26. The van der Waals surface area contributed by atoms with E-state index < -0.39 is 0 Å². The molecule has 0 spiro atoms. The summed E-state index contributed by atoms with van der Waals surface area (Å²) < 4.78 is 1.73. The molecule has 0 unspecified atom stereocenters. The summed E-state index contributed by atoms with van der Waals surface area (Å²) in [6.07, 6.45) is 5.48. The number of aromatic nitrogens is 4. The van der Waals surface area contributed by atoms with Gasteiger partial charge in [-0.3, -0.25) is 9.78 Å². The van der Waals surface area contributed by atoms with Gasteiger partial charge in [0.25, 0.3) is 0 Å². The molecule has 0 saturated carbocycles. The van der Waals surface area contributed by atoms with Crippen LogP contribution in [0.4, 0.5) is 0 Å². The molecule has 0 bridgehead atoms. The normalized spacial score (nSPS) is 10.8. The van der Waals surface area contributed by atoms with Crippen LogP contribution in [0.3, 0.4) is 0 Å². The Bertz CT molecular complexity index is 640. The van der Waals surface area contributed by atoms with Gasteiger partial charge in [-0.25, -0.2) is 0 Å². The topological polar surface area (TPSA) is 66.7 Å². The van der Waals surface area contributed by atoms with Gasteiger partial charge in [0.05, 0.1) is 25.0 Å². The molecule has 5 nitrogen and oxygen atoms in total. The second-order valence-electron chi connectivity index (χ2n) is 4.26. The summed E-state index contributed by atoms with van der Waals surface area (Å²) in [5.41, 5.74) is 4.25. The fourth-order valence-electron chi connectivity index (χ4n) is 2.00. The number of nitrogens with one attached hydrogen (secondary N) is 1. The number of H-pyrrole nitrogens is 1. The summed E-state index contributed by atoms with van der Waals surface area (Å²) in [7, 11) is 0. The Hall–Kier alpha value is -2.40. The van der Waals surface area contributed by atoms with E-state index in [0.717, 1.165) is 22.4 Å². The van der Waals surface area contributed by atoms with Crippen LogP contribution in [-0.2, 0) is 6.54 Å². The van der Waals surface area contributed by atoms with Crippen molar-refractivity contribution in [1.82, 2.24) is 20.0 Å². The lowest BCUT2D eigenvalue weighted by atomic mass is 10.1. The van der Waals surface area contributed by atoms with Gasteiger partial charge in [-0.2, -0.15) is 10.2 Å². The second kappa shape index (κ2) is 5.07. The van der Waals surface area contributed by atoms with Crippen molar-refractivity contribution in [3.8, 4) is 22.4 Å². The molecule has 0 radical (unpaired) electrons. The molecule has 3 aromatic rings. The highest BCUT2D eigenvalue weighted by atomic mass is 16.3. The van der Waals surface area contributed by atoms with Crippen molar-refractivity contribution in [2.45, 2.75) is 6.54 Å². The van der Waals surface area contributed by atoms with Crippen LogP contribution < -0.4 is 0 Å². The summed E-state index contributed by atoms with van der Waals surface area (Å²) in [5, 5.41) is 19.9. The molecule has 0 atom stereocenters. The van der Waals surface area contributed by atoms with Crippen LogP contribution in [-0.4, -0.2) is 31.7 Å². The van der Waals surface area contributed by atoms with E-state index in [1.807, 2.05) is 24.4 Å². The zero-order valence-electron chi connectivity index (χ0n) is 10.3. The average molecular weight is 254 g/mol. The van der Waals surface area contributed by atoms with Crippen molar-refractivity contribution in [1.29, 1.82) is 0 Å². The summed E-state index contributed by atoms with van der Waals surface area (Å²) in [5.74, 6) is 0. The first-order valence-corrected chi connectivity index (χ1v) is 6.10. The molecule has 2 N–H and O–H groups in total. The molecule has 0 aliphatic carbocycles. The number of aliphatic hydroxyl groups is 1. The SMILES string of the molecule is OCCn1cc(-c2ccc(-c3ccn[nH]3)cc2)cn1. The molecule has 3 rings (SSSR count). The van der Waals surface area contributed by atoms with Crippen LogP contribution in [0.25, 0.3) is 22.4 Å². The fourth-order valence-corrected chi connectivity index (χ4v) is 2.00. The first kappa shape index (κ1) is 11.7. The van der Waals surface area contributed by atoms with Crippen LogP contribution in [0, 0.1) is 0 Å². The number of hydrogen-bond donors (Lipinski definition) is 2. The largest absolute Gasteiger partial charge is 0.394 e. The molecule has 19 heavy (non-hydrogen) atoms. The third-order valence-electron chi connectivity index (χ3n) is 2.99. The third-order valence-corrected chi connectivity index (χ3v) is 2.99. The molecule has 0 fully saturated rings. The minimum absolute atomic E-state index is 0.0971. The van der Waals surface area contributed by atoms with Gasteiger partial charge in [0.15, 0.2) is 0 Å². The quantitative estimate of drug-likeness (QED) is 0.747. The summed E-state index contributed by atoms with van der Waals surface area (Å²) >= 11 is 0. The van der Waals surface area contributed by atoms with Crippen molar-refractivity contribution in [3.05, 3.63) is 48.9 Å². The van der Waals surface area contributed by atoms with Crippen LogP contribution >= 0.6 is 0 Å². The highest BCUT2D eigenvalue weighted by Gasteiger charge is 2.03. The van der Waals surface area contributed by atoms with E-state index in [2.05, 4.69) is 27.4 Å². The molecule has 5 heteroatoms. The number of aromatic amines is 1. The van der Waals surface area contributed by atoms with Gasteiger partial charge in [0.1, 0.15) is 0 Å². The van der Waals surface area contributed by atoms with E-state index in [1.165, 1.54) is 0 Å². The van der Waals surface area contributed by atoms with Gasteiger partial charge >= 0.3 is 0 Å². The van der Waals surface area contributed by atoms with E-state index in [9.17, 15) is 0 Å². The van der Waals surface area contributed by atoms with Gasteiger partial charge in [-0.15, -0.1) is 0 Å². The molecule has 0 aliphatic rings. The predicted octanol–water partition coefficient (Wildman–Crippen LogP) is 1.93. The molecular weight excluding hydrogens is 240 g/mol. The number of nitrogens with zero attached hydrogens (tertiary/aromatic N) is 3. The van der Waals surface area contributed by atoms with Crippen molar-refractivity contribution >= 4 is 0 Å². The highest BCUT2D eigenvalue weighted by Crippen LogP contribution is 2.23. The first-order chi connectivity index (χ1) is 9.36. The minimum atomic E-state index is 0.0971. The van der Waals surface area contributed by atoms with E-state index >= 15 is 0 Å². The first-order valence-electron chi connectivity index (χ1n) is 6.10. The number of benzene rings is 1. The van der Waals surface area contributed by atoms with Crippen molar-refractivity contribution in [3.63, 3.8) is 0 Å². The molecule has 2 aromatic heterocycles. The zero-order valence-corrected chi connectivity index (χ0v) is 10.3. The van der Waals surface area contributed by atoms with Crippen LogP contribution in [0.5, 0.6) is 0 Å². The Kier molecular flexibility index (Phi) is 3.12. The Balaban J connectivity index is 1.85. The zero-order chi connectivity index (χ0) is 13.1. The van der Waals surface area contributed by atoms with E-state index in [0.29, 0.717) is 6.54 Å². The molecule has 0 saturated heterocycles. The van der Waals surface area contributed by atoms with E-state index in [-0.39, 0.29) is 6.61 Å². The van der Waals surface area contributed by atoms with Crippen molar-refractivity contribution in [2.24, 2.45) is 0 Å². The van der Waals surface area contributed by atoms with Crippen LogP contribution in [0.15, 0.2) is 48.9 Å². The summed E-state index contributed by atoms with van der Waals surface area (Å²) in [6, 6.07) is 10.1. The van der Waals surface area contributed by atoms with Gasteiger partial charge in [-0.05, 0) is 17.2 Å². The molecule has 0 aliphatic heterocycles. The molecule has 96 valence electrons. The molecule has 0 amide bonds. The van der Waals surface area contributed by atoms with Gasteiger partial charge in [0, 0.05) is 18.0 Å². The number of rotatable bonds is 4. The lowest BCUT2D eigenvalue weighted by Crippen LogP contribution is -2.01. The number of aliphatic hydroxyl groups excluding tert-OH is 1. The maximum absolute atomic E-state index is 8.87. The predicted molar refractivity (Wildman–Crippen MR) is 72.3 cm³/mol.